The Morgan fingerprint density at radius 3 is 2.76 bits per heavy atom. The van der Waals surface area contributed by atoms with Crippen LogP contribution in [0.3, 0.4) is 0 Å². The van der Waals surface area contributed by atoms with Crippen LogP contribution in [-0.4, -0.2) is 35.2 Å². The topological polar surface area (TPSA) is 75.6 Å². The molecule has 5 heteroatoms. The Morgan fingerprint density at radius 1 is 1.47 bits per heavy atom. The molecule has 1 amide bonds. The zero-order valence-corrected chi connectivity index (χ0v) is 9.81. The minimum absolute atomic E-state index is 0.143. The van der Waals surface area contributed by atoms with Gasteiger partial charge in [-0.25, -0.2) is 0 Å². The zero-order valence-electron chi connectivity index (χ0n) is 9.81. The molecule has 1 fully saturated rings. The Hall–Kier alpha value is -1.36. The predicted octanol–water partition coefficient (Wildman–Crippen LogP) is 0.701. The number of nitrogens with one attached hydrogen (secondary N) is 1. The molecule has 1 aliphatic heterocycles. The molecule has 0 saturated carbocycles. The molecule has 0 spiro atoms. The van der Waals surface area contributed by atoms with Gasteiger partial charge in [-0.15, -0.1) is 0 Å². The lowest BCUT2D eigenvalue weighted by Gasteiger charge is -2.24. The van der Waals surface area contributed by atoms with E-state index in [-0.39, 0.29) is 11.9 Å². The first-order chi connectivity index (χ1) is 8.01. The van der Waals surface area contributed by atoms with E-state index >= 15 is 0 Å². The van der Waals surface area contributed by atoms with Crippen molar-refractivity contribution in [3.8, 4) is 0 Å². The lowest BCUT2D eigenvalue weighted by Crippen LogP contribution is -2.47. The largest absolute Gasteiger partial charge is 0.481 e. The van der Waals surface area contributed by atoms with E-state index < -0.39 is 17.5 Å². The van der Waals surface area contributed by atoms with Crippen LogP contribution in [-0.2, 0) is 14.3 Å². The van der Waals surface area contributed by atoms with Gasteiger partial charge in [0.05, 0.1) is 5.92 Å². The minimum Gasteiger partial charge on any atom is -0.481 e. The number of hydrogen-bond donors (Lipinski definition) is 2. The molecule has 5 nitrogen and oxygen atoms in total. The average molecular weight is 239 g/mol. The third-order valence-corrected chi connectivity index (χ3v) is 3.42. The fourth-order valence-corrected chi connectivity index (χ4v) is 2.27. The molecular formula is C12H17NO4. The van der Waals surface area contributed by atoms with E-state index in [0.717, 1.165) is 12.8 Å². The maximum absolute atomic E-state index is 12.0. The molecular weight excluding hydrogens is 222 g/mol. The van der Waals surface area contributed by atoms with Crippen LogP contribution in [0, 0.1) is 5.92 Å². The molecule has 0 aromatic heterocycles. The van der Waals surface area contributed by atoms with Gasteiger partial charge in [0.25, 0.3) is 5.91 Å². The maximum atomic E-state index is 12.0. The van der Waals surface area contributed by atoms with Gasteiger partial charge in [0.2, 0.25) is 0 Å². The van der Waals surface area contributed by atoms with Crippen molar-refractivity contribution in [3.05, 3.63) is 12.2 Å². The second-order valence-corrected chi connectivity index (χ2v) is 4.83. The summed E-state index contributed by atoms with van der Waals surface area (Å²) in [5.74, 6) is -1.48. The van der Waals surface area contributed by atoms with Gasteiger partial charge in [-0.1, -0.05) is 12.2 Å². The van der Waals surface area contributed by atoms with Gasteiger partial charge in [-0.2, -0.15) is 0 Å². The fraction of sp³-hybridized carbons (Fsp3) is 0.667. The third-order valence-electron chi connectivity index (χ3n) is 3.42. The minimum atomic E-state index is -0.846. The Labute approximate surface area is 99.8 Å². The van der Waals surface area contributed by atoms with Crippen molar-refractivity contribution >= 4 is 11.9 Å². The van der Waals surface area contributed by atoms with Crippen LogP contribution >= 0.6 is 0 Å². The summed E-state index contributed by atoms with van der Waals surface area (Å²) < 4.78 is 5.43. The van der Waals surface area contributed by atoms with Crippen LogP contribution < -0.4 is 5.32 Å². The van der Waals surface area contributed by atoms with Crippen molar-refractivity contribution in [1.29, 1.82) is 0 Å². The van der Waals surface area contributed by atoms with Crippen molar-refractivity contribution in [2.75, 3.05) is 6.61 Å². The Balaban J connectivity index is 1.89. The zero-order chi connectivity index (χ0) is 12.5. The van der Waals surface area contributed by atoms with E-state index in [1.165, 1.54) is 0 Å². The number of aliphatic carboxylic acids is 1. The first-order valence-electron chi connectivity index (χ1n) is 5.87. The van der Waals surface area contributed by atoms with E-state index in [4.69, 9.17) is 9.84 Å². The van der Waals surface area contributed by atoms with E-state index in [1.54, 1.807) is 19.1 Å². The highest BCUT2D eigenvalue weighted by atomic mass is 16.5. The van der Waals surface area contributed by atoms with Gasteiger partial charge in [0.1, 0.15) is 5.60 Å². The molecule has 3 atom stereocenters. The quantitative estimate of drug-likeness (QED) is 0.711. The summed E-state index contributed by atoms with van der Waals surface area (Å²) in [5, 5.41) is 11.7. The van der Waals surface area contributed by atoms with E-state index in [9.17, 15) is 9.59 Å². The standard InChI is InChI=1S/C12H17NO4/c1-12(5-2-6-17-12)11(16)13-9-4-3-8(7-9)10(14)15/h3-4,8-9H,2,5-7H2,1H3,(H,13,16)(H,14,15). The van der Waals surface area contributed by atoms with Crippen molar-refractivity contribution in [2.45, 2.75) is 37.8 Å². The number of carboxylic acids is 1. The number of rotatable bonds is 3. The van der Waals surface area contributed by atoms with Gasteiger partial charge in [-0.3, -0.25) is 9.59 Å². The summed E-state index contributed by atoms with van der Waals surface area (Å²) in [6, 6.07) is -0.190. The first-order valence-corrected chi connectivity index (χ1v) is 5.87. The molecule has 0 radical (unpaired) electrons. The smallest absolute Gasteiger partial charge is 0.310 e. The van der Waals surface area contributed by atoms with E-state index in [0.29, 0.717) is 13.0 Å². The normalized spacial score (nSPS) is 36.1. The lowest BCUT2D eigenvalue weighted by molar-refractivity contribution is -0.142. The molecule has 2 rings (SSSR count). The first kappa shape index (κ1) is 12.1. The number of amides is 1. The van der Waals surface area contributed by atoms with Gasteiger partial charge >= 0.3 is 5.97 Å². The molecule has 1 aliphatic carbocycles. The highest BCUT2D eigenvalue weighted by Crippen LogP contribution is 2.26. The van der Waals surface area contributed by atoms with Gasteiger partial charge in [-0.05, 0) is 26.2 Å². The number of hydrogen-bond acceptors (Lipinski definition) is 3. The highest BCUT2D eigenvalue weighted by Gasteiger charge is 2.39. The van der Waals surface area contributed by atoms with Gasteiger partial charge in [0.15, 0.2) is 0 Å². The predicted molar refractivity (Wildman–Crippen MR) is 60.4 cm³/mol. The highest BCUT2D eigenvalue weighted by molar-refractivity contribution is 5.85. The lowest BCUT2D eigenvalue weighted by atomic mass is 10.0. The van der Waals surface area contributed by atoms with E-state index in [2.05, 4.69) is 5.32 Å². The van der Waals surface area contributed by atoms with Crippen LogP contribution in [0.25, 0.3) is 0 Å². The molecule has 0 aromatic carbocycles. The second-order valence-electron chi connectivity index (χ2n) is 4.83. The number of carbonyl (C=O) groups excluding carboxylic acids is 1. The molecule has 0 aromatic rings. The Kier molecular flexibility index (Phi) is 3.19. The molecule has 1 saturated heterocycles. The number of carbonyl (C=O) groups is 2. The molecule has 94 valence electrons. The third kappa shape index (κ3) is 2.49. The Morgan fingerprint density at radius 2 is 2.24 bits per heavy atom. The van der Waals surface area contributed by atoms with Crippen LogP contribution in [0.5, 0.6) is 0 Å². The van der Waals surface area contributed by atoms with Crippen LogP contribution in [0.4, 0.5) is 0 Å². The summed E-state index contributed by atoms with van der Waals surface area (Å²) in [6.07, 6.45) is 5.41. The van der Waals surface area contributed by atoms with Crippen molar-refractivity contribution in [3.63, 3.8) is 0 Å². The maximum Gasteiger partial charge on any atom is 0.310 e. The van der Waals surface area contributed by atoms with E-state index in [1.807, 2.05) is 0 Å². The van der Waals surface area contributed by atoms with Crippen molar-refractivity contribution < 1.29 is 19.4 Å². The molecule has 0 bridgehead atoms. The molecule has 2 aliphatic rings. The number of carboxylic acid groups (broad SMARTS) is 1. The summed E-state index contributed by atoms with van der Waals surface area (Å²) in [7, 11) is 0. The van der Waals surface area contributed by atoms with Crippen molar-refractivity contribution in [2.24, 2.45) is 5.92 Å². The van der Waals surface area contributed by atoms with Crippen LogP contribution in [0.2, 0.25) is 0 Å². The summed E-state index contributed by atoms with van der Waals surface area (Å²) in [5.41, 5.74) is -0.741. The molecule has 3 unspecified atom stereocenters. The second kappa shape index (κ2) is 4.49. The summed E-state index contributed by atoms with van der Waals surface area (Å²) >= 11 is 0. The average Bonchev–Trinajstić information content (AvgIpc) is 2.88. The molecule has 2 N–H and O–H groups in total. The monoisotopic (exact) mass is 239 g/mol. The van der Waals surface area contributed by atoms with Gasteiger partial charge in [0, 0.05) is 12.6 Å². The Bertz CT molecular complexity index is 358. The van der Waals surface area contributed by atoms with Crippen LogP contribution in [0.15, 0.2) is 12.2 Å². The molecule has 17 heavy (non-hydrogen) atoms. The van der Waals surface area contributed by atoms with Crippen molar-refractivity contribution in [1.82, 2.24) is 5.32 Å². The fourth-order valence-electron chi connectivity index (χ4n) is 2.27. The molecule has 1 heterocycles. The van der Waals surface area contributed by atoms with Gasteiger partial charge < -0.3 is 15.2 Å². The number of ether oxygens (including phenoxy) is 1. The summed E-state index contributed by atoms with van der Waals surface area (Å²) in [4.78, 5) is 22.7. The van der Waals surface area contributed by atoms with Crippen LogP contribution in [0.1, 0.15) is 26.2 Å². The SMILES string of the molecule is CC1(C(=O)NC2C=CC(C(=O)O)C2)CCCO1. The summed E-state index contributed by atoms with van der Waals surface area (Å²) in [6.45, 7) is 2.39.